The summed E-state index contributed by atoms with van der Waals surface area (Å²) in [5.41, 5.74) is 7.07. The van der Waals surface area contributed by atoms with Crippen molar-refractivity contribution in [2.75, 3.05) is 26.2 Å². The molecule has 2 nitrogen and oxygen atoms in total. The SMILES string of the molecule is NCC1CCN(CCc2ccc(Cl)cc2)CC1. The number of nitrogens with zero attached hydrogens (tertiary/aromatic N) is 1. The Kier molecular flexibility index (Phi) is 4.84. The van der Waals surface area contributed by atoms with Gasteiger partial charge in [-0.15, -0.1) is 0 Å². The number of piperidine rings is 1. The third kappa shape index (κ3) is 3.98. The lowest BCUT2D eigenvalue weighted by atomic mass is 9.97. The first-order valence-electron chi connectivity index (χ1n) is 6.45. The highest BCUT2D eigenvalue weighted by atomic mass is 35.5. The van der Waals surface area contributed by atoms with E-state index in [2.05, 4.69) is 17.0 Å². The standard InChI is InChI=1S/C14H21ClN2/c15-14-3-1-12(2-4-14)5-8-17-9-6-13(11-16)7-10-17/h1-4,13H,5-11,16H2. The van der Waals surface area contributed by atoms with Crippen LogP contribution in [0.5, 0.6) is 0 Å². The van der Waals surface area contributed by atoms with Gasteiger partial charge in [0, 0.05) is 11.6 Å². The van der Waals surface area contributed by atoms with Crippen molar-refractivity contribution in [3.05, 3.63) is 34.9 Å². The predicted molar refractivity (Wildman–Crippen MR) is 73.4 cm³/mol. The van der Waals surface area contributed by atoms with Crippen LogP contribution in [0.1, 0.15) is 18.4 Å². The zero-order chi connectivity index (χ0) is 12.1. The molecule has 3 heteroatoms. The number of hydrogen-bond donors (Lipinski definition) is 1. The number of hydrogen-bond acceptors (Lipinski definition) is 2. The van der Waals surface area contributed by atoms with E-state index in [4.69, 9.17) is 17.3 Å². The largest absolute Gasteiger partial charge is 0.330 e. The average Bonchev–Trinajstić information content (AvgIpc) is 2.39. The molecule has 2 N–H and O–H groups in total. The van der Waals surface area contributed by atoms with Crippen LogP contribution in [0, 0.1) is 5.92 Å². The van der Waals surface area contributed by atoms with Crippen LogP contribution < -0.4 is 5.73 Å². The molecule has 1 aromatic rings. The molecule has 0 radical (unpaired) electrons. The summed E-state index contributed by atoms with van der Waals surface area (Å²) < 4.78 is 0. The van der Waals surface area contributed by atoms with Crippen LogP contribution in [0.4, 0.5) is 0 Å². The Morgan fingerprint density at radius 3 is 2.41 bits per heavy atom. The van der Waals surface area contributed by atoms with Gasteiger partial charge in [-0.2, -0.15) is 0 Å². The maximum absolute atomic E-state index is 5.87. The number of benzene rings is 1. The maximum Gasteiger partial charge on any atom is 0.0406 e. The van der Waals surface area contributed by atoms with Crippen molar-refractivity contribution >= 4 is 11.6 Å². The van der Waals surface area contributed by atoms with Crippen LogP contribution >= 0.6 is 11.6 Å². The summed E-state index contributed by atoms with van der Waals surface area (Å²) in [6.07, 6.45) is 3.64. The van der Waals surface area contributed by atoms with E-state index < -0.39 is 0 Å². The number of likely N-dealkylation sites (tertiary alicyclic amines) is 1. The molecule has 1 heterocycles. The van der Waals surface area contributed by atoms with Crippen LogP contribution in [0.15, 0.2) is 24.3 Å². The van der Waals surface area contributed by atoms with Crippen LogP contribution in [0.2, 0.25) is 5.02 Å². The molecule has 0 atom stereocenters. The van der Waals surface area contributed by atoms with E-state index in [1.807, 2.05) is 12.1 Å². The fourth-order valence-electron chi connectivity index (χ4n) is 2.38. The van der Waals surface area contributed by atoms with Crippen molar-refractivity contribution in [3.63, 3.8) is 0 Å². The Morgan fingerprint density at radius 2 is 1.82 bits per heavy atom. The van der Waals surface area contributed by atoms with Crippen LogP contribution in [0.3, 0.4) is 0 Å². The summed E-state index contributed by atoms with van der Waals surface area (Å²) >= 11 is 5.87. The molecule has 17 heavy (non-hydrogen) atoms. The van der Waals surface area contributed by atoms with Gasteiger partial charge >= 0.3 is 0 Å². The Balaban J connectivity index is 1.74. The van der Waals surface area contributed by atoms with Crippen molar-refractivity contribution in [1.82, 2.24) is 4.90 Å². The van der Waals surface area contributed by atoms with Crippen molar-refractivity contribution < 1.29 is 0 Å². The molecule has 1 aliphatic heterocycles. The highest BCUT2D eigenvalue weighted by Gasteiger charge is 2.17. The minimum Gasteiger partial charge on any atom is -0.330 e. The van der Waals surface area contributed by atoms with Gasteiger partial charge in [-0.25, -0.2) is 0 Å². The molecule has 1 aliphatic rings. The maximum atomic E-state index is 5.87. The molecule has 0 aromatic heterocycles. The highest BCUT2D eigenvalue weighted by Crippen LogP contribution is 2.16. The molecule has 1 saturated heterocycles. The van der Waals surface area contributed by atoms with Gasteiger partial charge in [-0.3, -0.25) is 0 Å². The second-order valence-electron chi connectivity index (χ2n) is 4.90. The summed E-state index contributed by atoms with van der Waals surface area (Å²) in [5, 5.41) is 0.817. The Labute approximate surface area is 109 Å². The molecular formula is C14H21ClN2. The lowest BCUT2D eigenvalue weighted by Crippen LogP contribution is -2.37. The molecule has 94 valence electrons. The van der Waals surface area contributed by atoms with E-state index in [9.17, 15) is 0 Å². The van der Waals surface area contributed by atoms with Gasteiger partial charge in [0.2, 0.25) is 0 Å². The second-order valence-corrected chi connectivity index (χ2v) is 5.33. The van der Waals surface area contributed by atoms with E-state index in [1.54, 1.807) is 0 Å². The van der Waals surface area contributed by atoms with Gasteiger partial charge in [0.05, 0.1) is 0 Å². The van der Waals surface area contributed by atoms with E-state index in [-0.39, 0.29) is 0 Å². The monoisotopic (exact) mass is 252 g/mol. The first-order valence-corrected chi connectivity index (χ1v) is 6.82. The molecule has 0 unspecified atom stereocenters. The smallest absolute Gasteiger partial charge is 0.0406 e. The van der Waals surface area contributed by atoms with Crippen LogP contribution in [-0.4, -0.2) is 31.1 Å². The van der Waals surface area contributed by atoms with Gasteiger partial charge in [-0.1, -0.05) is 23.7 Å². The van der Waals surface area contributed by atoms with Gasteiger partial charge in [-0.05, 0) is 62.5 Å². The molecule has 0 saturated carbocycles. The summed E-state index contributed by atoms with van der Waals surface area (Å²) in [7, 11) is 0. The van der Waals surface area contributed by atoms with E-state index in [0.717, 1.165) is 30.5 Å². The van der Waals surface area contributed by atoms with Crippen molar-refractivity contribution in [1.29, 1.82) is 0 Å². The molecule has 1 aromatic carbocycles. The van der Waals surface area contributed by atoms with E-state index in [1.165, 1.54) is 31.5 Å². The van der Waals surface area contributed by atoms with Gasteiger partial charge < -0.3 is 10.6 Å². The number of nitrogens with two attached hydrogens (primary N) is 1. The number of halogens is 1. The zero-order valence-corrected chi connectivity index (χ0v) is 11.0. The topological polar surface area (TPSA) is 29.3 Å². The quantitative estimate of drug-likeness (QED) is 0.893. The molecule has 0 aliphatic carbocycles. The van der Waals surface area contributed by atoms with Gasteiger partial charge in [0.15, 0.2) is 0 Å². The van der Waals surface area contributed by atoms with Crippen molar-refractivity contribution in [2.45, 2.75) is 19.3 Å². The summed E-state index contributed by atoms with van der Waals surface area (Å²) in [6.45, 7) is 4.41. The van der Waals surface area contributed by atoms with Crippen molar-refractivity contribution in [2.24, 2.45) is 11.7 Å². The highest BCUT2D eigenvalue weighted by molar-refractivity contribution is 6.30. The van der Waals surface area contributed by atoms with Crippen molar-refractivity contribution in [3.8, 4) is 0 Å². The van der Waals surface area contributed by atoms with Crippen LogP contribution in [-0.2, 0) is 6.42 Å². The third-order valence-corrected chi connectivity index (χ3v) is 3.92. The average molecular weight is 253 g/mol. The van der Waals surface area contributed by atoms with E-state index >= 15 is 0 Å². The Hall–Kier alpha value is -0.570. The normalized spacial score (nSPS) is 18.5. The minimum atomic E-state index is 0.752. The molecular weight excluding hydrogens is 232 g/mol. The van der Waals surface area contributed by atoms with Gasteiger partial charge in [0.25, 0.3) is 0 Å². The molecule has 1 fully saturated rings. The van der Waals surface area contributed by atoms with E-state index in [0.29, 0.717) is 0 Å². The third-order valence-electron chi connectivity index (χ3n) is 3.67. The van der Waals surface area contributed by atoms with Gasteiger partial charge in [0.1, 0.15) is 0 Å². The summed E-state index contributed by atoms with van der Waals surface area (Å²) in [5.74, 6) is 0.752. The lowest BCUT2D eigenvalue weighted by Gasteiger charge is -2.31. The number of rotatable bonds is 4. The summed E-state index contributed by atoms with van der Waals surface area (Å²) in [6, 6.07) is 8.18. The molecule has 0 spiro atoms. The minimum absolute atomic E-state index is 0.752. The molecule has 0 amide bonds. The lowest BCUT2D eigenvalue weighted by molar-refractivity contribution is 0.189. The first kappa shape index (κ1) is 12.9. The Bertz CT molecular complexity index is 329. The fourth-order valence-corrected chi connectivity index (χ4v) is 2.51. The fraction of sp³-hybridized carbons (Fsp3) is 0.571. The Morgan fingerprint density at radius 1 is 1.18 bits per heavy atom. The van der Waals surface area contributed by atoms with Crippen LogP contribution in [0.25, 0.3) is 0 Å². The summed E-state index contributed by atoms with van der Waals surface area (Å²) in [4.78, 5) is 2.54. The molecule has 0 bridgehead atoms. The molecule has 2 rings (SSSR count). The zero-order valence-electron chi connectivity index (χ0n) is 10.2. The second kappa shape index (κ2) is 6.39. The predicted octanol–water partition coefficient (Wildman–Crippen LogP) is 2.55. The first-order chi connectivity index (χ1) is 8.28.